The highest BCUT2D eigenvalue weighted by molar-refractivity contribution is 7.92. The van der Waals surface area contributed by atoms with Crippen LogP contribution in [-0.2, 0) is 47.9 Å². The molecule has 0 spiro atoms. The number of urea groups is 1. The zero-order valence-corrected chi connectivity index (χ0v) is 19.4. The summed E-state index contributed by atoms with van der Waals surface area (Å²) >= 11 is 0.704. The van der Waals surface area contributed by atoms with Gasteiger partial charge in [0.15, 0.2) is 4.21 Å². The van der Waals surface area contributed by atoms with Crippen LogP contribution in [0.4, 0.5) is 10.5 Å². The molecule has 170 valence electrons. The first kappa shape index (κ1) is 22.7. The molecule has 0 saturated heterocycles. The molecule has 0 bridgehead atoms. The number of aromatic nitrogens is 1. The van der Waals surface area contributed by atoms with E-state index in [2.05, 4.69) is 16.4 Å². The molecule has 4 N–H and O–H groups in total. The molecule has 0 atom stereocenters. The van der Waals surface area contributed by atoms with Gasteiger partial charge in [-0.3, -0.25) is 0 Å². The fourth-order valence-corrected chi connectivity index (χ4v) is 6.88. The number of anilines is 1. The number of nitrogens with one attached hydrogen (secondary N) is 2. The topological polar surface area (TPSA) is 152 Å². The SMILES string of the molecule is CC(C)(O)c1nc(CO)c(S(=O)(=O)NC(=O)Nc2c3c(c(C#N)c4c2CCC4)CCC3)s1. The lowest BCUT2D eigenvalue weighted by atomic mass is 9.93. The van der Waals surface area contributed by atoms with Crippen LogP contribution in [0.15, 0.2) is 4.21 Å². The van der Waals surface area contributed by atoms with Gasteiger partial charge in [-0.05, 0) is 74.6 Å². The van der Waals surface area contributed by atoms with Crippen molar-refractivity contribution in [3.8, 4) is 6.07 Å². The minimum atomic E-state index is -4.33. The normalized spacial score (nSPS) is 15.2. The van der Waals surface area contributed by atoms with Gasteiger partial charge in [-0.15, -0.1) is 11.3 Å². The van der Waals surface area contributed by atoms with Gasteiger partial charge >= 0.3 is 6.03 Å². The number of aliphatic hydroxyl groups is 2. The van der Waals surface area contributed by atoms with Crippen molar-refractivity contribution in [3.05, 3.63) is 38.5 Å². The van der Waals surface area contributed by atoms with E-state index in [1.165, 1.54) is 13.8 Å². The maximum absolute atomic E-state index is 12.9. The summed E-state index contributed by atoms with van der Waals surface area (Å²) in [7, 11) is -4.33. The molecule has 0 unspecified atom stereocenters. The molecule has 2 aliphatic rings. The third-order valence-electron chi connectivity index (χ3n) is 5.80. The Morgan fingerprint density at radius 3 is 2.22 bits per heavy atom. The highest BCUT2D eigenvalue weighted by Crippen LogP contribution is 2.41. The molecule has 1 heterocycles. The van der Waals surface area contributed by atoms with Gasteiger partial charge in [-0.25, -0.2) is 22.9 Å². The van der Waals surface area contributed by atoms with Crippen molar-refractivity contribution in [1.29, 1.82) is 5.26 Å². The molecule has 2 aromatic rings. The summed E-state index contributed by atoms with van der Waals surface area (Å²) in [6, 6.07) is 1.40. The molecule has 11 heteroatoms. The van der Waals surface area contributed by atoms with E-state index in [9.17, 15) is 28.7 Å². The summed E-state index contributed by atoms with van der Waals surface area (Å²) in [5.41, 5.74) is 3.51. The molecule has 4 rings (SSSR count). The van der Waals surface area contributed by atoms with Gasteiger partial charge in [0.25, 0.3) is 10.0 Å². The second-order valence-corrected chi connectivity index (χ2v) is 11.4. The largest absolute Gasteiger partial charge is 0.390 e. The van der Waals surface area contributed by atoms with Crippen LogP contribution in [0.3, 0.4) is 0 Å². The van der Waals surface area contributed by atoms with E-state index in [1.54, 1.807) is 0 Å². The number of amides is 2. The molecule has 1 aromatic heterocycles. The summed E-state index contributed by atoms with van der Waals surface area (Å²) in [5, 5.41) is 32.2. The van der Waals surface area contributed by atoms with Crippen molar-refractivity contribution in [3.63, 3.8) is 0 Å². The first-order valence-electron chi connectivity index (χ1n) is 10.3. The Balaban J connectivity index is 1.65. The second kappa shape index (κ2) is 8.12. The first-order valence-corrected chi connectivity index (χ1v) is 12.6. The predicted molar refractivity (Wildman–Crippen MR) is 118 cm³/mol. The van der Waals surface area contributed by atoms with E-state index in [0.717, 1.165) is 60.8 Å². The molecule has 2 amide bonds. The summed E-state index contributed by atoms with van der Waals surface area (Å²) in [5.74, 6) is 0. The molecule has 32 heavy (non-hydrogen) atoms. The number of nitrogens with zero attached hydrogens (tertiary/aromatic N) is 2. The molecular weight excluding hydrogens is 452 g/mol. The summed E-state index contributed by atoms with van der Waals surface area (Å²) in [6.45, 7) is 2.26. The number of rotatable bonds is 5. The smallest absolute Gasteiger partial charge is 0.333 e. The standard InChI is InChI=1S/C21H24N4O5S2/c1-21(2,28)19-23-16(10-26)18(31-19)32(29,30)25-20(27)24-17-13-7-3-5-11(13)15(9-22)12-6-4-8-14(12)17/h26,28H,3-8,10H2,1-2H3,(H2,24,25,27). The first-order chi connectivity index (χ1) is 15.1. The Morgan fingerprint density at radius 1 is 1.16 bits per heavy atom. The van der Waals surface area contributed by atoms with Crippen LogP contribution in [-0.4, -0.2) is 29.6 Å². The van der Waals surface area contributed by atoms with Crippen molar-refractivity contribution in [2.75, 3.05) is 5.32 Å². The second-order valence-electron chi connectivity index (χ2n) is 8.51. The van der Waals surface area contributed by atoms with Crippen molar-refractivity contribution in [2.45, 2.75) is 68.8 Å². The monoisotopic (exact) mass is 476 g/mol. The average Bonchev–Trinajstić information content (AvgIpc) is 3.45. The van der Waals surface area contributed by atoms with Crippen LogP contribution < -0.4 is 10.0 Å². The lowest BCUT2D eigenvalue weighted by Crippen LogP contribution is -2.35. The van der Waals surface area contributed by atoms with E-state index < -0.39 is 28.3 Å². The van der Waals surface area contributed by atoms with Gasteiger partial charge in [-0.1, -0.05) is 0 Å². The maximum Gasteiger partial charge on any atom is 0.333 e. The maximum atomic E-state index is 12.9. The third kappa shape index (κ3) is 3.88. The zero-order valence-electron chi connectivity index (χ0n) is 17.8. The number of carbonyl (C=O) groups excluding carboxylic acids is 1. The van der Waals surface area contributed by atoms with Crippen LogP contribution in [0.1, 0.15) is 65.2 Å². The van der Waals surface area contributed by atoms with Gasteiger partial charge in [0.05, 0.1) is 23.9 Å². The van der Waals surface area contributed by atoms with Crippen LogP contribution >= 0.6 is 11.3 Å². The third-order valence-corrected chi connectivity index (χ3v) is 9.09. The predicted octanol–water partition coefficient (Wildman–Crippen LogP) is 2.22. The number of hydrogen-bond acceptors (Lipinski definition) is 8. The Labute approximate surface area is 190 Å². The van der Waals surface area contributed by atoms with Crippen LogP contribution in [0, 0.1) is 11.3 Å². The summed E-state index contributed by atoms with van der Waals surface area (Å²) < 4.78 is 27.5. The highest BCUT2D eigenvalue weighted by Gasteiger charge is 2.32. The minimum Gasteiger partial charge on any atom is -0.390 e. The van der Waals surface area contributed by atoms with E-state index in [-0.39, 0.29) is 14.9 Å². The number of nitriles is 1. The number of hydrogen-bond donors (Lipinski definition) is 4. The minimum absolute atomic E-state index is 0.116. The van der Waals surface area contributed by atoms with Gasteiger partial charge in [0.1, 0.15) is 10.6 Å². The number of aliphatic hydroxyl groups excluding tert-OH is 1. The molecule has 9 nitrogen and oxygen atoms in total. The van der Waals surface area contributed by atoms with Gasteiger partial charge in [0, 0.05) is 5.69 Å². The quantitative estimate of drug-likeness (QED) is 0.516. The van der Waals surface area contributed by atoms with Crippen molar-refractivity contribution >= 4 is 33.1 Å². The van der Waals surface area contributed by atoms with Crippen LogP contribution in [0.5, 0.6) is 0 Å². The van der Waals surface area contributed by atoms with Crippen LogP contribution in [0.25, 0.3) is 0 Å². The molecule has 0 radical (unpaired) electrons. The average molecular weight is 477 g/mol. The molecular formula is C21H24N4O5S2. The Hall–Kier alpha value is -2.52. The molecule has 1 aromatic carbocycles. The lowest BCUT2D eigenvalue weighted by molar-refractivity contribution is 0.0779. The van der Waals surface area contributed by atoms with Crippen molar-refractivity contribution < 1.29 is 23.4 Å². The Kier molecular flexibility index (Phi) is 5.75. The van der Waals surface area contributed by atoms with E-state index >= 15 is 0 Å². The Bertz CT molecular complexity index is 1220. The van der Waals surface area contributed by atoms with Gasteiger partial charge in [0.2, 0.25) is 0 Å². The van der Waals surface area contributed by atoms with E-state index in [1.807, 2.05) is 4.72 Å². The fraction of sp³-hybridized carbons (Fsp3) is 0.476. The van der Waals surface area contributed by atoms with Crippen LogP contribution in [0.2, 0.25) is 0 Å². The fourth-order valence-electron chi connectivity index (χ4n) is 4.46. The number of thiazole rings is 1. The number of sulfonamides is 1. The number of fused-ring (bicyclic) bond motifs is 2. The van der Waals surface area contributed by atoms with E-state index in [4.69, 9.17) is 0 Å². The summed E-state index contributed by atoms with van der Waals surface area (Å²) in [4.78, 5) is 16.8. The van der Waals surface area contributed by atoms with Gasteiger partial charge < -0.3 is 15.5 Å². The van der Waals surface area contributed by atoms with Crippen molar-refractivity contribution in [1.82, 2.24) is 9.71 Å². The van der Waals surface area contributed by atoms with E-state index in [0.29, 0.717) is 22.6 Å². The zero-order chi connectivity index (χ0) is 23.3. The number of benzene rings is 1. The molecule has 2 aliphatic carbocycles. The van der Waals surface area contributed by atoms with Gasteiger partial charge in [-0.2, -0.15) is 5.26 Å². The lowest BCUT2D eigenvalue weighted by Gasteiger charge is -2.18. The highest BCUT2D eigenvalue weighted by atomic mass is 32.2. The summed E-state index contributed by atoms with van der Waals surface area (Å²) in [6.07, 6.45) is 4.72. The molecule has 0 fully saturated rings. The number of carbonyl (C=O) groups is 1. The van der Waals surface area contributed by atoms with Crippen molar-refractivity contribution in [2.24, 2.45) is 0 Å². The molecule has 0 aliphatic heterocycles. The molecule has 0 saturated carbocycles. The Morgan fingerprint density at radius 2 is 1.72 bits per heavy atom.